The SMILES string of the molecule is N#Cc1cc(O)cc(C(=O)CBr)c1C(F)(F)F. The molecule has 0 aliphatic rings. The number of carbonyl (C=O) groups is 1. The minimum Gasteiger partial charge on any atom is -0.508 e. The van der Waals surface area contributed by atoms with Gasteiger partial charge in [-0.25, -0.2) is 0 Å². The fraction of sp³-hybridized carbons (Fsp3) is 0.200. The molecule has 1 N–H and O–H groups in total. The maximum atomic E-state index is 12.7. The highest BCUT2D eigenvalue weighted by molar-refractivity contribution is 9.09. The van der Waals surface area contributed by atoms with Crippen LogP contribution in [0.5, 0.6) is 5.75 Å². The van der Waals surface area contributed by atoms with Crippen LogP contribution in [-0.4, -0.2) is 16.2 Å². The Morgan fingerprint density at radius 1 is 1.47 bits per heavy atom. The minimum atomic E-state index is -4.83. The van der Waals surface area contributed by atoms with Gasteiger partial charge in [-0.05, 0) is 12.1 Å². The van der Waals surface area contributed by atoms with Gasteiger partial charge in [-0.2, -0.15) is 18.4 Å². The Bertz CT molecular complexity index is 505. The molecule has 0 unspecified atom stereocenters. The zero-order valence-electron chi connectivity index (χ0n) is 8.18. The molecule has 0 aliphatic carbocycles. The Labute approximate surface area is 103 Å². The maximum Gasteiger partial charge on any atom is 0.418 e. The van der Waals surface area contributed by atoms with Crippen molar-refractivity contribution >= 4 is 21.7 Å². The lowest BCUT2D eigenvalue weighted by atomic mass is 9.98. The van der Waals surface area contributed by atoms with Crippen molar-refractivity contribution in [3.05, 3.63) is 28.8 Å². The molecule has 3 nitrogen and oxygen atoms in total. The van der Waals surface area contributed by atoms with Crippen LogP contribution in [0.25, 0.3) is 0 Å². The number of halogens is 4. The molecule has 0 radical (unpaired) electrons. The first-order chi connectivity index (χ1) is 7.81. The molecule has 90 valence electrons. The van der Waals surface area contributed by atoms with E-state index in [0.717, 1.165) is 0 Å². The molecular formula is C10H5BrF3NO2. The summed E-state index contributed by atoms with van der Waals surface area (Å²) in [6, 6.07) is 2.69. The normalized spacial score (nSPS) is 11.0. The highest BCUT2D eigenvalue weighted by atomic mass is 79.9. The number of nitriles is 1. The van der Waals surface area contributed by atoms with Crippen molar-refractivity contribution in [1.29, 1.82) is 5.26 Å². The van der Waals surface area contributed by atoms with E-state index < -0.39 is 34.4 Å². The van der Waals surface area contributed by atoms with E-state index in [1.54, 1.807) is 0 Å². The fourth-order valence-corrected chi connectivity index (χ4v) is 1.61. The number of ketones is 1. The van der Waals surface area contributed by atoms with Crippen molar-refractivity contribution < 1.29 is 23.1 Å². The monoisotopic (exact) mass is 307 g/mol. The minimum absolute atomic E-state index is 0.329. The van der Waals surface area contributed by atoms with Gasteiger partial charge in [-0.15, -0.1) is 0 Å². The average Bonchev–Trinajstić information content (AvgIpc) is 2.24. The molecule has 0 saturated carbocycles. The number of phenols is 1. The van der Waals surface area contributed by atoms with E-state index >= 15 is 0 Å². The van der Waals surface area contributed by atoms with Gasteiger partial charge in [-0.3, -0.25) is 4.79 Å². The molecule has 7 heteroatoms. The Hall–Kier alpha value is -1.55. The fourth-order valence-electron chi connectivity index (χ4n) is 1.31. The molecule has 0 aromatic heterocycles. The predicted molar refractivity (Wildman–Crippen MR) is 55.9 cm³/mol. The summed E-state index contributed by atoms with van der Waals surface area (Å²) in [5.41, 5.74) is -2.81. The topological polar surface area (TPSA) is 61.1 Å². The third kappa shape index (κ3) is 2.77. The highest BCUT2D eigenvalue weighted by Gasteiger charge is 2.38. The van der Waals surface area contributed by atoms with E-state index in [9.17, 15) is 23.1 Å². The van der Waals surface area contributed by atoms with E-state index in [1.807, 2.05) is 0 Å². The second-order valence-corrected chi connectivity index (χ2v) is 3.64. The third-order valence-electron chi connectivity index (χ3n) is 1.95. The lowest BCUT2D eigenvalue weighted by Gasteiger charge is -2.13. The molecule has 0 spiro atoms. The summed E-state index contributed by atoms with van der Waals surface area (Å²) in [7, 11) is 0. The molecule has 0 amide bonds. The summed E-state index contributed by atoms with van der Waals surface area (Å²) in [6.07, 6.45) is -4.83. The molecule has 0 saturated heterocycles. The van der Waals surface area contributed by atoms with Crippen LogP contribution in [0.3, 0.4) is 0 Å². The second-order valence-electron chi connectivity index (χ2n) is 3.08. The number of nitrogens with zero attached hydrogens (tertiary/aromatic N) is 1. The number of aromatic hydroxyl groups is 1. The zero-order chi connectivity index (χ0) is 13.2. The number of hydrogen-bond donors (Lipinski definition) is 1. The van der Waals surface area contributed by atoms with Crippen LogP contribution >= 0.6 is 15.9 Å². The van der Waals surface area contributed by atoms with E-state index in [0.29, 0.717) is 12.1 Å². The first-order valence-corrected chi connectivity index (χ1v) is 5.37. The zero-order valence-corrected chi connectivity index (χ0v) is 9.76. The molecule has 17 heavy (non-hydrogen) atoms. The highest BCUT2D eigenvalue weighted by Crippen LogP contribution is 2.36. The average molecular weight is 308 g/mol. The van der Waals surface area contributed by atoms with Crippen LogP contribution in [0.15, 0.2) is 12.1 Å². The number of alkyl halides is 4. The van der Waals surface area contributed by atoms with Crippen molar-refractivity contribution in [3.63, 3.8) is 0 Å². The summed E-state index contributed by atoms with van der Waals surface area (Å²) in [4.78, 5) is 11.3. The van der Waals surface area contributed by atoms with Gasteiger partial charge in [-0.1, -0.05) is 15.9 Å². The van der Waals surface area contributed by atoms with Crippen LogP contribution in [0.1, 0.15) is 21.5 Å². The maximum absolute atomic E-state index is 12.7. The second kappa shape index (κ2) is 4.75. The number of benzene rings is 1. The van der Waals surface area contributed by atoms with Gasteiger partial charge >= 0.3 is 6.18 Å². The number of carbonyl (C=O) groups excluding carboxylic acids is 1. The molecule has 0 bridgehead atoms. The summed E-state index contributed by atoms with van der Waals surface area (Å²) in [5.74, 6) is -1.41. The van der Waals surface area contributed by atoms with E-state index in [4.69, 9.17) is 5.26 Å². The van der Waals surface area contributed by atoms with Crippen molar-refractivity contribution in [3.8, 4) is 11.8 Å². The lowest BCUT2D eigenvalue weighted by molar-refractivity contribution is -0.138. The summed E-state index contributed by atoms with van der Waals surface area (Å²) in [5, 5.41) is 17.4. The van der Waals surface area contributed by atoms with Crippen LogP contribution in [0.4, 0.5) is 13.2 Å². The van der Waals surface area contributed by atoms with Gasteiger partial charge in [0.25, 0.3) is 0 Å². The molecule has 1 aromatic carbocycles. The van der Waals surface area contributed by atoms with Crippen molar-refractivity contribution in [2.24, 2.45) is 0 Å². The molecule has 0 heterocycles. The van der Waals surface area contributed by atoms with Gasteiger partial charge in [0.05, 0.1) is 22.5 Å². The molecular weight excluding hydrogens is 303 g/mol. The number of phenolic OH excluding ortho intramolecular Hbond substituents is 1. The van der Waals surface area contributed by atoms with Crippen LogP contribution in [-0.2, 0) is 6.18 Å². The first-order valence-electron chi connectivity index (χ1n) is 4.24. The smallest absolute Gasteiger partial charge is 0.418 e. The Morgan fingerprint density at radius 3 is 2.47 bits per heavy atom. The molecule has 1 aromatic rings. The van der Waals surface area contributed by atoms with Crippen LogP contribution < -0.4 is 0 Å². The molecule has 0 fully saturated rings. The van der Waals surface area contributed by atoms with Gasteiger partial charge in [0.2, 0.25) is 0 Å². The van der Waals surface area contributed by atoms with Crippen molar-refractivity contribution in [2.45, 2.75) is 6.18 Å². The largest absolute Gasteiger partial charge is 0.508 e. The van der Waals surface area contributed by atoms with Gasteiger partial charge in [0.1, 0.15) is 5.75 Å². The Morgan fingerprint density at radius 2 is 2.06 bits per heavy atom. The molecule has 1 rings (SSSR count). The Kier molecular flexibility index (Phi) is 3.78. The van der Waals surface area contributed by atoms with Gasteiger partial charge < -0.3 is 5.11 Å². The van der Waals surface area contributed by atoms with Crippen LogP contribution in [0, 0.1) is 11.3 Å². The summed E-state index contributed by atoms with van der Waals surface area (Å²) < 4.78 is 38.2. The van der Waals surface area contributed by atoms with E-state index in [2.05, 4.69) is 15.9 Å². The van der Waals surface area contributed by atoms with Crippen molar-refractivity contribution in [2.75, 3.05) is 5.33 Å². The van der Waals surface area contributed by atoms with E-state index in [-0.39, 0.29) is 5.33 Å². The standard InChI is InChI=1S/C10H5BrF3NO2/c11-3-8(17)7-2-6(16)1-5(4-15)9(7)10(12,13)14/h1-2,16H,3H2. The molecule has 0 atom stereocenters. The summed E-state index contributed by atoms with van der Waals surface area (Å²) >= 11 is 2.74. The number of rotatable bonds is 2. The van der Waals surface area contributed by atoms with Crippen molar-refractivity contribution in [1.82, 2.24) is 0 Å². The quantitative estimate of drug-likeness (QED) is 0.675. The number of Topliss-reactive ketones (excluding diaryl/α,β-unsaturated/α-hetero) is 1. The third-order valence-corrected chi connectivity index (χ3v) is 2.46. The first kappa shape index (κ1) is 13.5. The lowest BCUT2D eigenvalue weighted by Crippen LogP contribution is -2.16. The molecule has 0 aliphatic heterocycles. The van der Waals surface area contributed by atoms with Gasteiger partial charge in [0, 0.05) is 5.56 Å². The van der Waals surface area contributed by atoms with Gasteiger partial charge in [0.15, 0.2) is 5.78 Å². The van der Waals surface area contributed by atoms with Crippen LogP contribution in [0.2, 0.25) is 0 Å². The summed E-state index contributed by atoms with van der Waals surface area (Å²) in [6.45, 7) is 0. The number of hydrogen-bond acceptors (Lipinski definition) is 3. The Balaban J connectivity index is 3.63. The van der Waals surface area contributed by atoms with E-state index in [1.165, 1.54) is 6.07 Å². The predicted octanol–water partition coefficient (Wildman–Crippen LogP) is 2.86.